The van der Waals surface area contributed by atoms with E-state index in [4.69, 9.17) is 0 Å². The standard InChI is InChI=1S/C13H16O2S/c14-12(7-8-16)13(15)11-6-2-4-9-3-1-5-10(9)11/h1-4,6,12-16H,5,7-8H2. The van der Waals surface area contributed by atoms with Crippen molar-refractivity contribution < 1.29 is 10.2 Å². The summed E-state index contributed by atoms with van der Waals surface area (Å²) in [6, 6.07) is 5.83. The number of allylic oxidation sites excluding steroid dienone is 1. The van der Waals surface area contributed by atoms with Crippen molar-refractivity contribution in [2.24, 2.45) is 0 Å². The lowest BCUT2D eigenvalue weighted by molar-refractivity contribution is 0.0168. The Hall–Kier alpha value is -0.770. The van der Waals surface area contributed by atoms with Crippen LogP contribution in [0.3, 0.4) is 0 Å². The van der Waals surface area contributed by atoms with E-state index in [0.717, 1.165) is 23.1 Å². The molecule has 2 rings (SSSR count). The maximum Gasteiger partial charge on any atom is 0.105 e. The third-order valence-corrected chi connectivity index (χ3v) is 3.23. The Kier molecular flexibility index (Phi) is 3.69. The lowest BCUT2D eigenvalue weighted by Gasteiger charge is -2.20. The first kappa shape index (κ1) is 11.7. The van der Waals surface area contributed by atoms with E-state index in [9.17, 15) is 10.2 Å². The topological polar surface area (TPSA) is 40.5 Å². The molecule has 1 aromatic carbocycles. The lowest BCUT2D eigenvalue weighted by Crippen LogP contribution is -2.20. The zero-order valence-corrected chi connectivity index (χ0v) is 9.90. The Morgan fingerprint density at radius 2 is 2.12 bits per heavy atom. The van der Waals surface area contributed by atoms with Gasteiger partial charge in [0.15, 0.2) is 0 Å². The fourth-order valence-corrected chi connectivity index (χ4v) is 2.36. The molecule has 1 aromatic rings. The molecule has 1 aliphatic carbocycles. The van der Waals surface area contributed by atoms with Crippen molar-refractivity contribution >= 4 is 18.7 Å². The van der Waals surface area contributed by atoms with Gasteiger partial charge in [-0.05, 0) is 35.3 Å². The maximum atomic E-state index is 10.1. The Morgan fingerprint density at radius 3 is 2.88 bits per heavy atom. The zero-order valence-electron chi connectivity index (χ0n) is 9.00. The molecular weight excluding hydrogens is 220 g/mol. The number of aliphatic hydroxyl groups is 2. The SMILES string of the molecule is OC(CCS)C(O)c1cccc2c1CC=C2. The van der Waals surface area contributed by atoms with E-state index in [2.05, 4.69) is 24.8 Å². The van der Waals surface area contributed by atoms with Crippen LogP contribution >= 0.6 is 12.6 Å². The quantitative estimate of drug-likeness (QED) is 0.700. The largest absolute Gasteiger partial charge is 0.390 e. The van der Waals surface area contributed by atoms with Gasteiger partial charge < -0.3 is 10.2 Å². The number of hydrogen-bond acceptors (Lipinski definition) is 3. The number of aliphatic hydroxyl groups excluding tert-OH is 2. The van der Waals surface area contributed by atoms with Crippen LogP contribution < -0.4 is 0 Å². The molecule has 0 saturated heterocycles. The van der Waals surface area contributed by atoms with Crippen molar-refractivity contribution in [2.75, 3.05) is 5.75 Å². The smallest absolute Gasteiger partial charge is 0.105 e. The van der Waals surface area contributed by atoms with Gasteiger partial charge in [0.25, 0.3) is 0 Å². The van der Waals surface area contributed by atoms with E-state index in [0.29, 0.717) is 12.2 Å². The highest BCUT2D eigenvalue weighted by atomic mass is 32.1. The molecule has 86 valence electrons. The van der Waals surface area contributed by atoms with Crippen LogP contribution in [0.15, 0.2) is 24.3 Å². The summed E-state index contributed by atoms with van der Waals surface area (Å²) in [7, 11) is 0. The number of fused-ring (bicyclic) bond motifs is 1. The number of hydrogen-bond donors (Lipinski definition) is 3. The normalized spacial score (nSPS) is 17.2. The molecule has 0 bridgehead atoms. The molecule has 2 unspecified atom stereocenters. The predicted octanol–water partition coefficient (Wildman–Crippen LogP) is 1.97. The van der Waals surface area contributed by atoms with Gasteiger partial charge in [-0.25, -0.2) is 0 Å². The fraction of sp³-hybridized carbons (Fsp3) is 0.385. The summed E-state index contributed by atoms with van der Waals surface area (Å²) in [6.07, 6.45) is 3.94. The molecule has 2 atom stereocenters. The summed E-state index contributed by atoms with van der Waals surface area (Å²) in [6.45, 7) is 0. The summed E-state index contributed by atoms with van der Waals surface area (Å²) >= 11 is 4.06. The average Bonchev–Trinajstić information content (AvgIpc) is 2.76. The second-order valence-corrected chi connectivity index (χ2v) is 4.49. The number of thiol groups is 1. The lowest BCUT2D eigenvalue weighted by atomic mass is 9.95. The molecule has 0 amide bonds. The van der Waals surface area contributed by atoms with Crippen molar-refractivity contribution in [2.45, 2.75) is 25.0 Å². The molecule has 0 fully saturated rings. The first-order valence-corrected chi connectivity index (χ1v) is 6.12. The van der Waals surface area contributed by atoms with Crippen molar-refractivity contribution in [3.05, 3.63) is 41.0 Å². The van der Waals surface area contributed by atoms with Crippen molar-refractivity contribution in [1.82, 2.24) is 0 Å². The highest BCUT2D eigenvalue weighted by Gasteiger charge is 2.22. The predicted molar refractivity (Wildman–Crippen MR) is 68.6 cm³/mol. The summed E-state index contributed by atoms with van der Waals surface area (Å²) in [5.74, 6) is 0.575. The number of rotatable bonds is 4. The molecular formula is C13H16O2S. The minimum atomic E-state index is -0.804. The van der Waals surface area contributed by atoms with Crippen molar-refractivity contribution in [3.63, 3.8) is 0 Å². The van der Waals surface area contributed by atoms with Crippen LogP contribution in [0.4, 0.5) is 0 Å². The van der Waals surface area contributed by atoms with Crippen molar-refractivity contribution in [1.29, 1.82) is 0 Å². The molecule has 2 N–H and O–H groups in total. The van der Waals surface area contributed by atoms with Crippen LogP contribution in [-0.4, -0.2) is 22.1 Å². The summed E-state index contributed by atoms with van der Waals surface area (Å²) in [5, 5.41) is 19.9. The van der Waals surface area contributed by atoms with Crippen LogP contribution in [0, 0.1) is 0 Å². The van der Waals surface area contributed by atoms with Gasteiger partial charge in [0.1, 0.15) is 6.10 Å². The van der Waals surface area contributed by atoms with Gasteiger partial charge in [0, 0.05) is 0 Å². The molecule has 0 aliphatic heterocycles. The summed E-state index contributed by atoms with van der Waals surface area (Å²) < 4.78 is 0. The maximum absolute atomic E-state index is 10.1. The van der Waals surface area contributed by atoms with E-state index in [1.807, 2.05) is 18.2 Å². The Bertz CT molecular complexity index is 401. The van der Waals surface area contributed by atoms with E-state index in [-0.39, 0.29) is 0 Å². The van der Waals surface area contributed by atoms with E-state index >= 15 is 0 Å². The van der Waals surface area contributed by atoms with Gasteiger partial charge >= 0.3 is 0 Å². The first-order chi connectivity index (χ1) is 7.74. The van der Waals surface area contributed by atoms with E-state index < -0.39 is 12.2 Å². The van der Waals surface area contributed by atoms with Crippen LogP contribution in [-0.2, 0) is 6.42 Å². The summed E-state index contributed by atoms with van der Waals surface area (Å²) in [4.78, 5) is 0. The summed E-state index contributed by atoms with van der Waals surface area (Å²) in [5.41, 5.74) is 3.12. The molecule has 0 spiro atoms. The molecule has 0 radical (unpaired) electrons. The van der Waals surface area contributed by atoms with E-state index in [1.54, 1.807) is 0 Å². The van der Waals surface area contributed by atoms with Gasteiger partial charge in [-0.1, -0.05) is 30.4 Å². The minimum Gasteiger partial charge on any atom is -0.390 e. The average molecular weight is 236 g/mol. The first-order valence-electron chi connectivity index (χ1n) is 5.49. The highest BCUT2D eigenvalue weighted by Crippen LogP contribution is 2.29. The monoisotopic (exact) mass is 236 g/mol. The molecule has 1 aliphatic rings. The Balaban J connectivity index is 2.25. The molecule has 0 saturated carbocycles. The van der Waals surface area contributed by atoms with Gasteiger partial charge in [0.2, 0.25) is 0 Å². The molecule has 0 aromatic heterocycles. The van der Waals surface area contributed by atoms with Crippen LogP contribution in [0.25, 0.3) is 6.08 Å². The third kappa shape index (κ3) is 2.17. The van der Waals surface area contributed by atoms with Gasteiger partial charge in [-0.15, -0.1) is 0 Å². The molecule has 16 heavy (non-hydrogen) atoms. The minimum absolute atomic E-state index is 0.501. The second-order valence-electron chi connectivity index (χ2n) is 4.05. The Labute approximate surface area is 101 Å². The van der Waals surface area contributed by atoms with Gasteiger partial charge in [-0.2, -0.15) is 12.6 Å². The van der Waals surface area contributed by atoms with Crippen LogP contribution in [0.2, 0.25) is 0 Å². The zero-order chi connectivity index (χ0) is 11.5. The van der Waals surface area contributed by atoms with Crippen LogP contribution in [0.5, 0.6) is 0 Å². The number of benzene rings is 1. The molecule has 2 nitrogen and oxygen atoms in total. The van der Waals surface area contributed by atoms with Crippen LogP contribution in [0.1, 0.15) is 29.2 Å². The molecule has 0 heterocycles. The highest BCUT2D eigenvalue weighted by molar-refractivity contribution is 7.80. The second kappa shape index (κ2) is 5.04. The van der Waals surface area contributed by atoms with Gasteiger partial charge in [-0.3, -0.25) is 0 Å². The Morgan fingerprint density at radius 1 is 1.31 bits per heavy atom. The molecule has 3 heteroatoms. The third-order valence-electron chi connectivity index (χ3n) is 2.98. The van der Waals surface area contributed by atoms with E-state index in [1.165, 1.54) is 0 Å². The van der Waals surface area contributed by atoms with Crippen molar-refractivity contribution in [3.8, 4) is 0 Å². The fourth-order valence-electron chi connectivity index (χ4n) is 2.09. The van der Waals surface area contributed by atoms with Gasteiger partial charge in [0.05, 0.1) is 6.10 Å².